The van der Waals surface area contributed by atoms with Gasteiger partial charge in [-0.3, -0.25) is 4.79 Å². The van der Waals surface area contributed by atoms with Crippen LogP contribution in [0, 0.1) is 11.3 Å². The van der Waals surface area contributed by atoms with Gasteiger partial charge in [-0.1, -0.05) is 20.8 Å². The van der Waals surface area contributed by atoms with Crippen molar-refractivity contribution in [3.8, 4) is 0 Å². The lowest BCUT2D eigenvalue weighted by Gasteiger charge is -2.21. The normalized spacial score (nSPS) is 29.6. The van der Waals surface area contributed by atoms with Crippen LogP contribution in [0.2, 0.25) is 0 Å². The molecule has 2 heterocycles. The second-order valence-corrected chi connectivity index (χ2v) is 6.47. The van der Waals surface area contributed by atoms with Crippen molar-refractivity contribution in [3.63, 3.8) is 0 Å². The van der Waals surface area contributed by atoms with Crippen LogP contribution in [0.25, 0.3) is 0 Å². The van der Waals surface area contributed by atoms with Gasteiger partial charge in [0.05, 0.1) is 0 Å². The predicted octanol–water partition coefficient (Wildman–Crippen LogP) is 1.63. The number of hydrogen-bond acceptors (Lipinski definition) is 2. The highest BCUT2D eigenvalue weighted by atomic mass is 16.2. The Balaban J connectivity index is 1.79. The van der Waals surface area contributed by atoms with Gasteiger partial charge in [-0.2, -0.15) is 0 Å². The summed E-state index contributed by atoms with van der Waals surface area (Å²) in [6.07, 6.45) is 2.95. The van der Waals surface area contributed by atoms with Crippen LogP contribution in [0.4, 0.5) is 0 Å². The summed E-state index contributed by atoms with van der Waals surface area (Å²) in [6, 6.07) is 0.582. The van der Waals surface area contributed by atoms with Gasteiger partial charge in [0.15, 0.2) is 0 Å². The molecule has 2 unspecified atom stereocenters. The highest BCUT2D eigenvalue weighted by Crippen LogP contribution is 2.27. The van der Waals surface area contributed by atoms with Gasteiger partial charge < -0.3 is 10.2 Å². The number of carbonyl (C=O) groups excluding carboxylic acids is 1. The molecule has 1 amide bonds. The van der Waals surface area contributed by atoms with Crippen LogP contribution < -0.4 is 5.32 Å². The van der Waals surface area contributed by atoms with Crippen LogP contribution in [0.5, 0.6) is 0 Å². The minimum atomic E-state index is 0.267. The Kier molecular flexibility index (Phi) is 3.24. The van der Waals surface area contributed by atoms with E-state index in [9.17, 15) is 4.79 Å². The molecule has 16 heavy (non-hydrogen) atoms. The van der Waals surface area contributed by atoms with Gasteiger partial charge in [-0.25, -0.2) is 0 Å². The number of rotatable bonds is 2. The molecule has 0 aromatic rings. The third-order valence-electron chi connectivity index (χ3n) is 3.80. The summed E-state index contributed by atoms with van der Waals surface area (Å²) in [5.74, 6) is 1.07. The molecule has 0 bridgehead atoms. The van der Waals surface area contributed by atoms with E-state index in [4.69, 9.17) is 0 Å². The Morgan fingerprint density at radius 2 is 2.12 bits per heavy atom. The molecule has 2 aliphatic heterocycles. The largest absolute Gasteiger partial charge is 0.341 e. The number of nitrogens with zero attached hydrogens (tertiary/aromatic N) is 1. The van der Waals surface area contributed by atoms with Crippen LogP contribution in [0.3, 0.4) is 0 Å². The summed E-state index contributed by atoms with van der Waals surface area (Å²) in [7, 11) is 0. The lowest BCUT2D eigenvalue weighted by molar-refractivity contribution is -0.130. The summed E-state index contributed by atoms with van der Waals surface area (Å²) >= 11 is 0. The summed E-state index contributed by atoms with van der Waals surface area (Å²) in [5, 5.41) is 3.48. The molecule has 92 valence electrons. The van der Waals surface area contributed by atoms with Gasteiger partial charge in [-0.15, -0.1) is 0 Å². The number of carbonyl (C=O) groups is 1. The molecule has 0 aliphatic carbocycles. The highest BCUT2D eigenvalue weighted by molar-refractivity contribution is 5.76. The highest BCUT2D eigenvalue weighted by Gasteiger charge is 2.37. The van der Waals surface area contributed by atoms with Crippen LogP contribution in [-0.4, -0.2) is 36.5 Å². The first-order valence-electron chi connectivity index (χ1n) is 6.47. The molecule has 2 aliphatic rings. The van der Waals surface area contributed by atoms with Crippen LogP contribution in [0.15, 0.2) is 0 Å². The molecule has 2 atom stereocenters. The predicted molar refractivity (Wildman–Crippen MR) is 65.2 cm³/mol. The molecule has 3 nitrogen and oxygen atoms in total. The van der Waals surface area contributed by atoms with E-state index in [1.54, 1.807) is 0 Å². The van der Waals surface area contributed by atoms with Gasteiger partial charge in [0.1, 0.15) is 0 Å². The summed E-state index contributed by atoms with van der Waals surface area (Å²) < 4.78 is 0. The maximum absolute atomic E-state index is 12.0. The summed E-state index contributed by atoms with van der Waals surface area (Å²) in [6.45, 7) is 9.65. The third-order valence-corrected chi connectivity index (χ3v) is 3.80. The van der Waals surface area contributed by atoms with E-state index < -0.39 is 0 Å². The molecule has 1 N–H and O–H groups in total. The fourth-order valence-electron chi connectivity index (χ4n) is 2.69. The van der Waals surface area contributed by atoms with E-state index in [2.05, 4.69) is 31.0 Å². The van der Waals surface area contributed by atoms with E-state index in [1.807, 2.05) is 0 Å². The van der Waals surface area contributed by atoms with E-state index in [0.717, 1.165) is 32.0 Å². The third kappa shape index (κ3) is 2.76. The summed E-state index contributed by atoms with van der Waals surface area (Å²) in [4.78, 5) is 14.1. The molecule has 2 fully saturated rings. The minimum absolute atomic E-state index is 0.267. The zero-order valence-electron chi connectivity index (χ0n) is 10.8. The lowest BCUT2D eigenvalue weighted by atomic mass is 9.90. The Bertz CT molecular complexity index is 258. The quantitative estimate of drug-likeness (QED) is 0.773. The van der Waals surface area contributed by atoms with Crippen LogP contribution >= 0.6 is 0 Å². The zero-order chi connectivity index (χ0) is 11.8. The SMILES string of the molecule is CC(C)(C)CCC(=O)N1CC2CCNC2C1. The van der Waals surface area contributed by atoms with Crippen molar-refractivity contribution in [2.24, 2.45) is 11.3 Å². The molecule has 3 heteroatoms. The fraction of sp³-hybridized carbons (Fsp3) is 0.923. The fourth-order valence-corrected chi connectivity index (χ4v) is 2.69. The smallest absolute Gasteiger partial charge is 0.222 e. The van der Waals surface area contributed by atoms with E-state index in [1.165, 1.54) is 6.42 Å². The Morgan fingerprint density at radius 3 is 2.75 bits per heavy atom. The van der Waals surface area contributed by atoms with Crippen molar-refractivity contribution in [2.75, 3.05) is 19.6 Å². The Labute approximate surface area is 98.6 Å². The second kappa shape index (κ2) is 4.36. The lowest BCUT2D eigenvalue weighted by Crippen LogP contribution is -2.34. The van der Waals surface area contributed by atoms with Crippen molar-refractivity contribution in [2.45, 2.75) is 46.1 Å². The zero-order valence-corrected chi connectivity index (χ0v) is 10.8. The van der Waals surface area contributed by atoms with Crippen LogP contribution in [0.1, 0.15) is 40.0 Å². The molecule has 2 rings (SSSR count). The minimum Gasteiger partial charge on any atom is -0.341 e. The van der Waals surface area contributed by atoms with E-state index in [-0.39, 0.29) is 5.41 Å². The standard InChI is InChI=1S/C13H24N2O/c1-13(2,3)6-4-12(16)15-8-10-5-7-14-11(10)9-15/h10-11,14H,4-9H2,1-3H3. The topological polar surface area (TPSA) is 32.3 Å². The first-order chi connectivity index (χ1) is 7.46. The van der Waals surface area contributed by atoms with Crippen LogP contribution in [-0.2, 0) is 4.79 Å². The first-order valence-corrected chi connectivity index (χ1v) is 6.47. The van der Waals surface area contributed by atoms with Crippen molar-refractivity contribution < 1.29 is 4.79 Å². The van der Waals surface area contributed by atoms with Crippen molar-refractivity contribution in [1.29, 1.82) is 0 Å². The van der Waals surface area contributed by atoms with Gasteiger partial charge in [0.25, 0.3) is 0 Å². The molecule has 0 aromatic heterocycles. The van der Waals surface area contributed by atoms with Gasteiger partial charge in [0.2, 0.25) is 5.91 Å². The number of fused-ring (bicyclic) bond motifs is 1. The number of amides is 1. The van der Waals surface area contributed by atoms with E-state index in [0.29, 0.717) is 18.4 Å². The van der Waals surface area contributed by atoms with Crippen molar-refractivity contribution >= 4 is 5.91 Å². The van der Waals surface area contributed by atoms with Gasteiger partial charge in [-0.05, 0) is 30.7 Å². The van der Waals surface area contributed by atoms with Crippen molar-refractivity contribution in [3.05, 3.63) is 0 Å². The second-order valence-electron chi connectivity index (χ2n) is 6.47. The Hall–Kier alpha value is -0.570. The molecule has 2 saturated heterocycles. The number of hydrogen-bond donors (Lipinski definition) is 1. The molecule has 0 aromatic carbocycles. The van der Waals surface area contributed by atoms with E-state index >= 15 is 0 Å². The number of nitrogens with one attached hydrogen (secondary N) is 1. The number of likely N-dealkylation sites (tertiary alicyclic amines) is 1. The van der Waals surface area contributed by atoms with Gasteiger partial charge >= 0.3 is 0 Å². The monoisotopic (exact) mass is 224 g/mol. The average Bonchev–Trinajstić information content (AvgIpc) is 2.71. The maximum atomic E-state index is 12.0. The first kappa shape index (κ1) is 11.9. The van der Waals surface area contributed by atoms with Crippen molar-refractivity contribution in [1.82, 2.24) is 10.2 Å². The molecular weight excluding hydrogens is 200 g/mol. The molecule has 0 spiro atoms. The summed E-state index contributed by atoms with van der Waals surface area (Å²) in [5.41, 5.74) is 0.267. The van der Waals surface area contributed by atoms with Gasteiger partial charge in [0, 0.05) is 25.6 Å². The maximum Gasteiger partial charge on any atom is 0.222 e. The average molecular weight is 224 g/mol. The molecular formula is C13H24N2O. The Morgan fingerprint density at radius 1 is 1.38 bits per heavy atom. The molecule has 0 radical (unpaired) electrons. The molecule has 0 saturated carbocycles.